The normalized spacial score (nSPS) is 14.1. The van der Waals surface area contributed by atoms with E-state index in [1.54, 1.807) is 6.07 Å². The highest BCUT2D eigenvalue weighted by molar-refractivity contribution is 6.33. The van der Waals surface area contributed by atoms with Gasteiger partial charge >= 0.3 is 11.7 Å². The van der Waals surface area contributed by atoms with E-state index in [9.17, 15) is 14.0 Å². The Balaban J connectivity index is 1.85. The number of halogens is 2. The number of hydrogen-bond acceptors (Lipinski definition) is 7. The van der Waals surface area contributed by atoms with Gasteiger partial charge in [0.15, 0.2) is 11.6 Å². The summed E-state index contributed by atoms with van der Waals surface area (Å²) in [6.45, 7) is 3.55. The minimum atomic E-state index is -0.748. The number of nitrogen functional groups attached to an aromatic ring is 1. The Bertz CT molecular complexity index is 1290. The van der Waals surface area contributed by atoms with Crippen LogP contribution in [-0.4, -0.2) is 56.2 Å². The Labute approximate surface area is 201 Å². The van der Waals surface area contributed by atoms with Gasteiger partial charge in [0.1, 0.15) is 11.3 Å². The van der Waals surface area contributed by atoms with Crippen molar-refractivity contribution in [2.24, 2.45) is 0 Å². The number of nitrogens with zero attached hydrogens (tertiary/aromatic N) is 2. The van der Waals surface area contributed by atoms with Crippen LogP contribution in [0.4, 0.5) is 14.9 Å². The van der Waals surface area contributed by atoms with Gasteiger partial charge in [-0.3, -0.25) is 4.90 Å². The third kappa shape index (κ3) is 4.94. The van der Waals surface area contributed by atoms with Gasteiger partial charge in [-0.2, -0.15) is 0 Å². The molecule has 1 aliphatic heterocycles. The molecule has 8 nitrogen and oxygen atoms in total. The SMILES string of the molecule is CN(C)C(=O)Oc1cc2oc(=O)c(Cc3cc#cc(N)c3Cl)c(CN3CCNCC3)c2cc1F. The van der Waals surface area contributed by atoms with Gasteiger partial charge in [-0.05, 0) is 29.3 Å². The van der Waals surface area contributed by atoms with Crippen molar-refractivity contribution in [2.75, 3.05) is 46.0 Å². The number of carbonyl (C=O) groups is 1. The molecule has 3 N–H and O–H groups in total. The molecule has 3 aromatic rings. The van der Waals surface area contributed by atoms with Crippen LogP contribution >= 0.6 is 11.6 Å². The zero-order valence-corrected chi connectivity index (χ0v) is 19.6. The number of nitrogens with two attached hydrogens (primary N) is 1. The Morgan fingerprint density at radius 1 is 1.32 bits per heavy atom. The molecule has 1 aromatic heterocycles. The molecule has 1 saturated heterocycles. The molecule has 178 valence electrons. The van der Waals surface area contributed by atoms with Crippen LogP contribution in [0, 0.1) is 17.9 Å². The summed E-state index contributed by atoms with van der Waals surface area (Å²) in [7, 11) is 2.96. The maximum atomic E-state index is 15.0. The van der Waals surface area contributed by atoms with E-state index in [4.69, 9.17) is 26.5 Å². The summed E-state index contributed by atoms with van der Waals surface area (Å²) in [5.74, 6) is -1.06. The number of ether oxygens (including phenoxy) is 1. The van der Waals surface area contributed by atoms with Crippen molar-refractivity contribution >= 4 is 34.4 Å². The predicted molar refractivity (Wildman–Crippen MR) is 127 cm³/mol. The summed E-state index contributed by atoms with van der Waals surface area (Å²) in [6.07, 6.45) is -0.616. The predicted octanol–water partition coefficient (Wildman–Crippen LogP) is 2.82. The van der Waals surface area contributed by atoms with Crippen molar-refractivity contribution in [2.45, 2.75) is 13.0 Å². The molecule has 1 amide bonds. The van der Waals surface area contributed by atoms with Crippen LogP contribution < -0.4 is 21.4 Å². The molecule has 0 spiro atoms. The summed E-state index contributed by atoms with van der Waals surface area (Å²) in [4.78, 5) is 28.4. The first-order valence-corrected chi connectivity index (χ1v) is 11.1. The Hall–Kier alpha value is -3.32. The maximum Gasteiger partial charge on any atom is 0.414 e. The largest absolute Gasteiger partial charge is 0.422 e. The van der Waals surface area contributed by atoms with Crippen molar-refractivity contribution in [3.05, 3.63) is 68.3 Å². The van der Waals surface area contributed by atoms with Crippen LogP contribution in [0.3, 0.4) is 0 Å². The van der Waals surface area contributed by atoms with Crippen LogP contribution in [0.1, 0.15) is 16.7 Å². The number of piperazine rings is 1. The van der Waals surface area contributed by atoms with Crippen LogP contribution in [0.15, 0.2) is 27.4 Å². The minimum Gasteiger partial charge on any atom is -0.422 e. The fraction of sp³-hybridized carbons (Fsp3) is 0.333. The second-order valence-corrected chi connectivity index (χ2v) is 8.64. The van der Waals surface area contributed by atoms with Crippen molar-refractivity contribution in [1.29, 1.82) is 0 Å². The van der Waals surface area contributed by atoms with Crippen LogP contribution in [0.2, 0.25) is 5.02 Å². The van der Waals surface area contributed by atoms with Gasteiger partial charge in [-0.15, -0.1) is 0 Å². The number of benzene rings is 1. The number of anilines is 1. The van der Waals surface area contributed by atoms with E-state index >= 15 is 0 Å². The molecule has 34 heavy (non-hydrogen) atoms. The van der Waals surface area contributed by atoms with Gasteiger partial charge in [-0.1, -0.05) is 17.7 Å². The second kappa shape index (κ2) is 9.89. The van der Waals surface area contributed by atoms with Gasteiger partial charge in [0.2, 0.25) is 0 Å². The summed E-state index contributed by atoms with van der Waals surface area (Å²) in [5.41, 5.74) is 7.19. The molecule has 0 bridgehead atoms. The van der Waals surface area contributed by atoms with Gasteiger partial charge in [-0.25, -0.2) is 14.0 Å². The summed E-state index contributed by atoms with van der Waals surface area (Å²) < 4.78 is 25.6. The van der Waals surface area contributed by atoms with Crippen molar-refractivity contribution < 1.29 is 18.3 Å². The molecule has 0 radical (unpaired) electrons. The Morgan fingerprint density at radius 2 is 2.06 bits per heavy atom. The molecule has 0 unspecified atom stereocenters. The van der Waals surface area contributed by atoms with Gasteiger partial charge in [0.05, 0.1) is 5.02 Å². The lowest BCUT2D eigenvalue weighted by molar-refractivity contribution is 0.170. The average Bonchev–Trinajstić information content (AvgIpc) is 2.80. The molecule has 2 heterocycles. The highest BCUT2D eigenvalue weighted by Crippen LogP contribution is 2.31. The lowest BCUT2D eigenvalue weighted by Crippen LogP contribution is -2.43. The van der Waals surface area contributed by atoms with E-state index in [-0.39, 0.29) is 28.5 Å². The first-order valence-electron chi connectivity index (χ1n) is 10.7. The van der Waals surface area contributed by atoms with Crippen LogP contribution in [-0.2, 0) is 13.0 Å². The summed E-state index contributed by atoms with van der Waals surface area (Å²) >= 11 is 6.34. The smallest absolute Gasteiger partial charge is 0.414 e. The lowest BCUT2D eigenvalue weighted by atomic mass is 9.97. The standard InChI is InChI=1S/C24H24ClFN4O4/c1-29(2)24(32)34-21-12-20-15(11-18(21)26)17(13-30-8-6-28-7-9-30)16(23(31)33-20)10-14-4-3-5-19(27)22(14)25/h4,11-12,28H,6-10,13,27H2,1-2H3. The van der Waals surface area contributed by atoms with Crippen molar-refractivity contribution in [3.8, 4) is 5.75 Å². The molecular formula is C24H24ClFN4O4. The summed E-state index contributed by atoms with van der Waals surface area (Å²) in [6, 6.07) is 9.57. The third-order valence-corrected chi connectivity index (χ3v) is 6.11. The summed E-state index contributed by atoms with van der Waals surface area (Å²) in [5, 5.41) is 3.99. The van der Waals surface area contributed by atoms with E-state index in [1.807, 2.05) is 0 Å². The zero-order chi connectivity index (χ0) is 24.4. The van der Waals surface area contributed by atoms with Gasteiger partial charge in [0, 0.05) is 70.3 Å². The monoisotopic (exact) mass is 486 g/mol. The third-order valence-electron chi connectivity index (χ3n) is 5.67. The second-order valence-electron chi connectivity index (χ2n) is 8.26. The number of fused-ring (bicyclic) bond motifs is 1. The number of nitrogens with one attached hydrogen (secondary N) is 1. The van der Waals surface area contributed by atoms with Crippen molar-refractivity contribution in [1.82, 2.24) is 15.1 Å². The fourth-order valence-electron chi connectivity index (χ4n) is 3.83. The highest BCUT2D eigenvalue weighted by Gasteiger charge is 2.22. The number of amides is 1. The number of carbonyl (C=O) groups excluding carboxylic acids is 1. The number of rotatable bonds is 5. The van der Waals surface area contributed by atoms with Gasteiger partial charge in [0.25, 0.3) is 0 Å². The molecule has 0 atom stereocenters. The fourth-order valence-corrected chi connectivity index (χ4v) is 4.00. The minimum absolute atomic E-state index is 0.125. The van der Waals surface area contributed by atoms with Crippen molar-refractivity contribution in [3.63, 3.8) is 0 Å². The van der Waals surface area contributed by atoms with Crippen LogP contribution in [0.5, 0.6) is 5.75 Å². The highest BCUT2D eigenvalue weighted by atomic mass is 35.5. The van der Waals surface area contributed by atoms with E-state index in [1.165, 1.54) is 31.1 Å². The molecular weight excluding hydrogens is 463 g/mol. The average molecular weight is 487 g/mol. The molecule has 10 heteroatoms. The maximum absolute atomic E-state index is 15.0. The first-order chi connectivity index (χ1) is 16.2. The lowest BCUT2D eigenvalue weighted by Gasteiger charge is -2.28. The van der Waals surface area contributed by atoms with Crippen LogP contribution in [0.25, 0.3) is 11.0 Å². The van der Waals surface area contributed by atoms with Gasteiger partial charge < -0.3 is 25.1 Å². The molecule has 2 aromatic carbocycles. The molecule has 1 fully saturated rings. The van der Waals surface area contributed by atoms with E-state index in [0.29, 0.717) is 28.6 Å². The topological polar surface area (TPSA) is 101 Å². The Morgan fingerprint density at radius 3 is 2.76 bits per heavy atom. The van der Waals surface area contributed by atoms with E-state index in [0.717, 1.165) is 26.2 Å². The first kappa shape index (κ1) is 23.8. The zero-order valence-electron chi connectivity index (χ0n) is 18.8. The number of hydrogen-bond donors (Lipinski definition) is 2. The molecule has 4 rings (SSSR count). The Kier molecular flexibility index (Phi) is 6.93. The molecule has 0 aliphatic carbocycles. The molecule has 0 saturated carbocycles. The molecule has 1 aliphatic rings. The van der Waals surface area contributed by atoms with E-state index < -0.39 is 17.5 Å². The van der Waals surface area contributed by atoms with E-state index in [2.05, 4.69) is 22.3 Å². The quantitative estimate of drug-likeness (QED) is 0.535.